The van der Waals surface area contributed by atoms with Gasteiger partial charge in [-0.3, -0.25) is 4.79 Å². The van der Waals surface area contributed by atoms with E-state index in [2.05, 4.69) is 14.8 Å². The molecule has 1 aromatic carbocycles. The van der Waals surface area contributed by atoms with Crippen molar-refractivity contribution in [1.29, 1.82) is 0 Å². The highest BCUT2D eigenvalue weighted by atomic mass is 32.2. The van der Waals surface area contributed by atoms with E-state index in [1.807, 2.05) is 31.2 Å². The number of hydrogen-bond donors (Lipinski definition) is 0. The van der Waals surface area contributed by atoms with Gasteiger partial charge in [-0.25, -0.2) is 0 Å². The lowest BCUT2D eigenvalue weighted by Gasteiger charge is -2.08. The first kappa shape index (κ1) is 15.7. The summed E-state index contributed by atoms with van der Waals surface area (Å²) in [7, 11) is 0. The molecule has 1 aromatic heterocycles. The molecule has 24 heavy (non-hydrogen) atoms. The molecule has 2 saturated carbocycles. The monoisotopic (exact) mass is 343 g/mol. The van der Waals surface area contributed by atoms with Crippen LogP contribution >= 0.6 is 11.8 Å². The van der Waals surface area contributed by atoms with Crippen LogP contribution in [0.3, 0.4) is 0 Å². The molecule has 0 atom stereocenters. The lowest BCUT2D eigenvalue weighted by Crippen LogP contribution is -2.06. The van der Waals surface area contributed by atoms with E-state index in [9.17, 15) is 4.79 Å². The van der Waals surface area contributed by atoms with Crippen molar-refractivity contribution in [2.45, 2.75) is 49.7 Å². The first-order chi connectivity index (χ1) is 11.8. The van der Waals surface area contributed by atoms with Gasteiger partial charge in [0.05, 0.1) is 12.4 Å². The number of carbonyl (C=O) groups is 1. The van der Waals surface area contributed by atoms with Gasteiger partial charge in [0.15, 0.2) is 10.9 Å². The first-order valence-electron chi connectivity index (χ1n) is 8.60. The predicted octanol–water partition coefficient (Wildman–Crippen LogP) is 3.86. The normalized spacial score (nSPS) is 17.0. The molecule has 0 radical (unpaired) electrons. The molecule has 0 spiro atoms. The molecule has 0 bridgehead atoms. The van der Waals surface area contributed by atoms with Gasteiger partial charge >= 0.3 is 0 Å². The fourth-order valence-electron chi connectivity index (χ4n) is 2.80. The molecule has 6 heteroatoms. The third-order valence-corrected chi connectivity index (χ3v) is 5.31. The maximum absolute atomic E-state index is 12.4. The third kappa shape index (κ3) is 3.34. The highest BCUT2D eigenvalue weighted by Crippen LogP contribution is 2.46. The van der Waals surface area contributed by atoms with E-state index in [1.54, 1.807) is 0 Å². The number of nitrogens with zero attached hydrogens (tertiary/aromatic N) is 3. The van der Waals surface area contributed by atoms with Gasteiger partial charge in [-0.05, 0) is 56.9 Å². The van der Waals surface area contributed by atoms with Gasteiger partial charge in [0.1, 0.15) is 11.6 Å². The molecule has 0 unspecified atom stereocenters. The van der Waals surface area contributed by atoms with E-state index in [0.717, 1.165) is 16.7 Å². The molecule has 4 rings (SSSR count). The van der Waals surface area contributed by atoms with Gasteiger partial charge < -0.3 is 9.30 Å². The molecule has 0 amide bonds. The fourth-order valence-corrected chi connectivity index (χ4v) is 3.71. The summed E-state index contributed by atoms with van der Waals surface area (Å²) >= 11 is 1.51. The molecule has 126 valence electrons. The van der Waals surface area contributed by atoms with Crippen molar-refractivity contribution in [2.75, 3.05) is 12.4 Å². The average Bonchev–Trinajstić information content (AvgIpc) is 3.52. The Morgan fingerprint density at radius 1 is 1.21 bits per heavy atom. The number of thioether (sulfide) groups is 1. The van der Waals surface area contributed by atoms with Gasteiger partial charge in [-0.15, -0.1) is 10.2 Å². The quantitative estimate of drug-likeness (QED) is 0.538. The van der Waals surface area contributed by atoms with Crippen LogP contribution in [-0.2, 0) is 0 Å². The van der Waals surface area contributed by atoms with E-state index >= 15 is 0 Å². The van der Waals surface area contributed by atoms with Crippen molar-refractivity contribution in [3.63, 3.8) is 0 Å². The maximum Gasteiger partial charge on any atom is 0.191 e. The fraction of sp³-hybridized carbons (Fsp3) is 0.500. The van der Waals surface area contributed by atoms with Crippen molar-refractivity contribution in [2.24, 2.45) is 0 Å². The third-order valence-electron chi connectivity index (χ3n) is 4.37. The highest BCUT2D eigenvalue weighted by Gasteiger charge is 2.36. The summed E-state index contributed by atoms with van der Waals surface area (Å²) in [4.78, 5) is 12.4. The van der Waals surface area contributed by atoms with E-state index in [0.29, 0.717) is 29.9 Å². The van der Waals surface area contributed by atoms with Crippen LogP contribution in [0.2, 0.25) is 0 Å². The summed E-state index contributed by atoms with van der Waals surface area (Å²) in [6.07, 6.45) is 4.86. The predicted molar refractivity (Wildman–Crippen MR) is 92.9 cm³/mol. The minimum Gasteiger partial charge on any atom is -0.494 e. The molecule has 5 nitrogen and oxygen atoms in total. The molecule has 0 saturated heterocycles. The van der Waals surface area contributed by atoms with Crippen LogP contribution < -0.4 is 4.74 Å². The Morgan fingerprint density at radius 2 is 1.96 bits per heavy atom. The molecular weight excluding hydrogens is 322 g/mol. The van der Waals surface area contributed by atoms with E-state index in [-0.39, 0.29) is 5.78 Å². The summed E-state index contributed by atoms with van der Waals surface area (Å²) in [6, 6.07) is 7.90. The summed E-state index contributed by atoms with van der Waals surface area (Å²) in [5.74, 6) is 3.03. The standard InChI is InChI=1S/C18H21N3O2S/c1-2-23-15-9-5-12(6-10-15)16(22)11-24-18-20-19-17(13-3-4-13)21(18)14-7-8-14/h5-6,9-10,13-14H,2-4,7-8,11H2,1H3. The summed E-state index contributed by atoms with van der Waals surface area (Å²) in [5, 5.41) is 9.63. The zero-order valence-corrected chi connectivity index (χ0v) is 14.6. The molecular formula is C18H21N3O2S. The Morgan fingerprint density at radius 3 is 2.58 bits per heavy atom. The molecule has 2 aliphatic carbocycles. The number of carbonyl (C=O) groups excluding carboxylic acids is 1. The van der Waals surface area contributed by atoms with Crippen LogP contribution in [0.4, 0.5) is 0 Å². The second-order valence-electron chi connectivity index (χ2n) is 6.39. The van der Waals surface area contributed by atoms with Crippen LogP contribution in [0, 0.1) is 0 Å². The Hall–Kier alpha value is -1.82. The Kier molecular flexibility index (Phi) is 4.31. The minimum absolute atomic E-state index is 0.112. The summed E-state index contributed by atoms with van der Waals surface area (Å²) < 4.78 is 7.70. The zero-order chi connectivity index (χ0) is 16.5. The second-order valence-corrected chi connectivity index (χ2v) is 7.33. The Balaban J connectivity index is 1.42. The number of ether oxygens (including phenoxy) is 1. The molecule has 1 heterocycles. The average molecular weight is 343 g/mol. The zero-order valence-electron chi connectivity index (χ0n) is 13.8. The first-order valence-corrected chi connectivity index (χ1v) is 9.58. The van der Waals surface area contributed by atoms with Crippen LogP contribution in [0.15, 0.2) is 29.4 Å². The summed E-state index contributed by atoms with van der Waals surface area (Å²) in [5.41, 5.74) is 0.714. The van der Waals surface area contributed by atoms with Crippen LogP contribution in [0.5, 0.6) is 5.75 Å². The van der Waals surface area contributed by atoms with Crippen molar-refractivity contribution in [3.05, 3.63) is 35.7 Å². The minimum atomic E-state index is 0.112. The molecule has 0 N–H and O–H groups in total. The Labute approximate surface area is 145 Å². The molecule has 0 aliphatic heterocycles. The van der Waals surface area contributed by atoms with Crippen LogP contribution in [0.1, 0.15) is 60.7 Å². The summed E-state index contributed by atoms with van der Waals surface area (Å²) in [6.45, 7) is 2.57. The Bertz CT molecular complexity index is 733. The van der Waals surface area contributed by atoms with E-state index < -0.39 is 0 Å². The van der Waals surface area contributed by atoms with Gasteiger partial charge in [0.2, 0.25) is 0 Å². The van der Waals surface area contributed by atoms with Crippen LogP contribution in [0.25, 0.3) is 0 Å². The van der Waals surface area contributed by atoms with Crippen molar-refractivity contribution in [1.82, 2.24) is 14.8 Å². The van der Waals surface area contributed by atoms with E-state index in [4.69, 9.17) is 4.74 Å². The smallest absolute Gasteiger partial charge is 0.191 e. The topological polar surface area (TPSA) is 57.0 Å². The van der Waals surface area contributed by atoms with E-state index in [1.165, 1.54) is 37.4 Å². The van der Waals surface area contributed by atoms with Crippen molar-refractivity contribution in [3.8, 4) is 5.75 Å². The van der Waals surface area contributed by atoms with Crippen molar-refractivity contribution >= 4 is 17.5 Å². The number of rotatable bonds is 8. The SMILES string of the molecule is CCOc1ccc(C(=O)CSc2nnc(C3CC3)n2C2CC2)cc1. The maximum atomic E-state index is 12.4. The van der Waals surface area contributed by atoms with Gasteiger partial charge in [0, 0.05) is 17.5 Å². The highest BCUT2D eigenvalue weighted by molar-refractivity contribution is 7.99. The molecule has 2 fully saturated rings. The molecule has 2 aromatic rings. The van der Waals surface area contributed by atoms with Gasteiger partial charge in [-0.1, -0.05) is 11.8 Å². The second kappa shape index (κ2) is 6.59. The number of benzene rings is 1. The van der Waals surface area contributed by atoms with Crippen molar-refractivity contribution < 1.29 is 9.53 Å². The van der Waals surface area contributed by atoms with Crippen LogP contribution in [-0.4, -0.2) is 32.9 Å². The number of Topliss-reactive ketones (excluding diaryl/α,β-unsaturated/α-hetero) is 1. The largest absolute Gasteiger partial charge is 0.494 e. The van der Waals surface area contributed by atoms with Gasteiger partial charge in [0.25, 0.3) is 0 Å². The number of hydrogen-bond acceptors (Lipinski definition) is 5. The number of ketones is 1. The number of aromatic nitrogens is 3. The lowest BCUT2D eigenvalue weighted by atomic mass is 10.1. The van der Waals surface area contributed by atoms with Gasteiger partial charge in [-0.2, -0.15) is 0 Å². The lowest BCUT2D eigenvalue weighted by molar-refractivity contribution is 0.102. The molecule has 2 aliphatic rings.